The topological polar surface area (TPSA) is 73.4 Å². The summed E-state index contributed by atoms with van der Waals surface area (Å²) in [7, 11) is 0. The molecule has 0 radical (unpaired) electrons. The fourth-order valence-corrected chi connectivity index (χ4v) is 4.98. The number of para-hydroxylation sites is 1. The maximum Gasteiger partial charge on any atom is 0.295 e. The Bertz CT molecular complexity index is 1440. The molecule has 0 bridgehead atoms. The number of aliphatic hydroxyl groups excluding tert-OH is 1. The lowest BCUT2D eigenvalue weighted by molar-refractivity contribution is -0.139. The fourth-order valence-electron chi connectivity index (χ4n) is 4.47. The molecule has 0 unspecified atom stereocenters. The number of aliphatic hydroxyl groups is 1. The van der Waals surface area contributed by atoms with Crippen molar-refractivity contribution in [1.29, 1.82) is 0 Å². The van der Waals surface area contributed by atoms with Crippen LogP contribution < -0.4 is 0 Å². The molecule has 1 fully saturated rings. The van der Waals surface area contributed by atoms with E-state index < -0.39 is 17.7 Å². The van der Waals surface area contributed by atoms with Gasteiger partial charge in [0.25, 0.3) is 11.7 Å². The Labute approximate surface area is 209 Å². The van der Waals surface area contributed by atoms with Crippen molar-refractivity contribution in [3.8, 4) is 0 Å². The van der Waals surface area contributed by atoms with Gasteiger partial charge in [0.2, 0.25) is 0 Å². The molecule has 1 amide bonds. The largest absolute Gasteiger partial charge is 0.507 e. The van der Waals surface area contributed by atoms with Crippen molar-refractivity contribution in [2.75, 3.05) is 6.54 Å². The SMILES string of the molecule is O=C1C(=O)N(CCc2c[nH]c3ccccc23)[C@@H](c2ccccc2Cl)C1=C(O)c1ccc(Br)cc1. The average molecular weight is 536 g/mol. The second kappa shape index (κ2) is 9.12. The molecule has 34 heavy (non-hydrogen) atoms. The van der Waals surface area contributed by atoms with Gasteiger partial charge in [-0.15, -0.1) is 0 Å². The van der Waals surface area contributed by atoms with Gasteiger partial charge in [0, 0.05) is 38.7 Å². The highest BCUT2D eigenvalue weighted by Crippen LogP contribution is 2.42. The average Bonchev–Trinajstić information content (AvgIpc) is 3.37. The number of fused-ring (bicyclic) bond motifs is 1. The summed E-state index contributed by atoms with van der Waals surface area (Å²) in [5, 5.41) is 12.6. The highest BCUT2D eigenvalue weighted by atomic mass is 79.9. The summed E-state index contributed by atoms with van der Waals surface area (Å²) in [6.45, 7) is 0.291. The molecular weight excluding hydrogens is 516 g/mol. The van der Waals surface area contributed by atoms with Gasteiger partial charge in [0.1, 0.15) is 5.76 Å². The number of Topliss-reactive ketones (excluding diaryl/α,β-unsaturated/α-hetero) is 1. The van der Waals surface area contributed by atoms with Crippen molar-refractivity contribution in [2.24, 2.45) is 0 Å². The molecule has 1 aliphatic heterocycles. The number of carbonyl (C=O) groups excluding carboxylic acids is 2. The van der Waals surface area contributed by atoms with Gasteiger partial charge in [-0.2, -0.15) is 0 Å². The third-order valence-corrected chi connectivity index (χ3v) is 7.03. The smallest absolute Gasteiger partial charge is 0.295 e. The molecule has 1 aliphatic rings. The summed E-state index contributed by atoms with van der Waals surface area (Å²) >= 11 is 9.89. The van der Waals surface area contributed by atoms with Gasteiger partial charge in [0.05, 0.1) is 11.6 Å². The van der Waals surface area contributed by atoms with E-state index in [4.69, 9.17) is 11.6 Å². The van der Waals surface area contributed by atoms with E-state index >= 15 is 0 Å². The Kier molecular flexibility index (Phi) is 6.02. The lowest BCUT2D eigenvalue weighted by Gasteiger charge is -2.26. The van der Waals surface area contributed by atoms with E-state index in [9.17, 15) is 14.7 Å². The molecule has 0 spiro atoms. The molecule has 7 heteroatoms. The van der Waals surface area contributed by atoms with Gasteiger partial charge in [-0.3, -0.25) is 9.59 Å². The van der Waals surface area contributed by atoms with Crippen LogP contribution in [0.2, 0.25) is 5.02 Å². The number of amides is 1. The second-order valence-corrected chi connectivity index (χ2v) is 9.45. The Hall–Kier alpha value is -3.35. The second-order valence-electron chi connectivity index (χ2n) is 8.13. The predicted molar refractivity (Wildman–Crippen MR) is 137 cm³/mol. The van der Waals surface area contributed by atoms with Crippen molar-refractivity contribution in [3.63, 3.8) is 0 Å². The van der Waals surface area contributed by atoms with Crippen molar-refractivity contribution < 1.29 is 14.7 Å². The number of H-pyrrole nitrogens is 1. The van der Waals surface area contributed by atoms with Crippen LogP contribution in [0.25, 0.3) is 16.7 Å². The van der Waals surface area contributed by atoms with Crippen molar-refractivity contribution in [3.05, 3.63) is 111 Å². The molecule has 1 aromatic heterocycles. The highest BCUT2D eigenvalue weighted by Gasteiger charge is 2.46. The number of ketones is 1. The summed E-state index contributed by atoms with van der Waals surface area (Å²) in [5.41, 5.74) is 3.15. The van der Waals surface area contributed by atoms with E-state index in [1.54, 1.807) is 48.5 Å². The normalized spacial score (nSPS) is 17.6. The molecule has 0 aliphatic carbocycles. The van der Waals surface area contributed by atoms with Crippen LogP contribution in [0.5, 0.6) is 0 Å². The first-order chi connectivity index (χ1) is 16.5. The van der Waals surface area contributed by atoms with Crippen LogP contribution in [0.3, 0.4) is 0 Å². The zero-order valence-electron chi connectivity index (χ0n) is 18.0. The number of halogens is 2. The molecule has 5 rings (SSSR count). The summed E-state index contributed by atoms with van der Waals surface area (Å²) in [5.74, 6) is -1.59. The molecule has 5 nitrogen and oxygen atoms in total. The Morgan fingerprint density at radius 2 is 1.71 bits per heavy atom. The van der Waals surface area contributed by atoms with Crippen LogP contribution in [0.1, 0.15) is 22.7 Å². The Morgan fingerprint density at radius 3 is 2.47 bits per heavy atom. The van der Waals surface area contributed by atoms with Gasteiger partial charge in [-0.25, -0.2) is 0 Å². The number of likely N-dealkylation sites (tertiary alicyclic amines) is 1. The number of benzene rings is 3. The van der Waals surface area contributed by atoms with Gasteiger partial charge in [0.15, 0.2) is 0 Å². The van der Waals surface area contributed by atoms with Crippen molar-refractivity contribution in [1.82, 2.24) is 9.88 Å². The number of aromatic nitrogens is 1. The standard InChI is InChI=1S/C27H20BrClN2O3/c28-18-11-9-16(10-12-18)25(32)23-24(20-6-1-3-7-21(20)29)31(27(34)26(23)33)14-13-17-15-30-22-8-4-2-5-19(17)22/h1-12,15,24,30,32H,13-14H2/t24-/m0/s1. The maximum atomic E-state index is 13.2. The minimum Gasteiger partial charge on any atom is -0.507 e. The van der Waals surface area contributed by atoms with Gasteiger partial charge in [-0.05, 0) is 41.8 Å². The van der Waals surface area contributed by atoms with Crippen LogP contribution >= 0.6 is 27.5 Å². The van der Waals surface area contributed by atoms with Crippen LogP contribution in [-0.4, -0.2) is 33.2 Å². The molecule has 2 heterocycles. The molecule has 0 saturated carbocycles. The van der Waals surface area contributed by atoms with E-state index in [0.717, 1.165) is 20.9 Å². The van der Waals surface area contributed by atoms with E-state index in [1.165, 1.54) is 4.90 Å². The van der Waals surface area contributed by atoms with Gasteiger partial charge >= 0.3 is 0 Å². The van der Waals surface area contributed by atoms with Crippen LogP contribution in [0.15, 0.2) is 89.0 Å². The predicted octanol–water partition coefficient (Wildman–Crippen LogP) is 6.25. The minimum atomic E-state index is -0.789. The summed E-state index contributed by atoms with van der Waals surface area (Å²) < 4.78 is 0.839. The summed E-state index contributed by atoms with van der Waals surface area (Å²) in [4.78, 5) is 31.1. The lowest BCUT2D eigenvalue weighted by atomic mass is 9.95. The Balaban J connectivity index is 1.58. The lowest BCUT2D eigenvalue weighted by Crippen LogP contribution is -2.31. The van der Waals surface area contributed by atoms with E-state index in [1.807, 2.05) is 30.5 Å². The number of hydrogen-bond acceptors (Lipinski definition) is 3. The zero-order valence-corrected chi connectivity index (χ0v) is 20.3. The van der Waals surface area contributed by atoms with Gasteiger partial charge < -0.3 is 15.0 Å². The number of nitrogens with zero attached hydrogens (tertiary/aromatic N) is 1. The molecule has 1 saturated heterocycles. The van der Waals surface area contributed by atoms with E-state index in [-0.39, 0.29) is 11.3 Å². The first kappa shape index (κ1) is 22.4. The third-order valence-electron chi connectivity index (χ3n) is 6.15. The minimum absolute atomic E-state index is 0.0411. The molecule has 1 atom stereocenters. The first-order valence-electron chi connectivity index (χ1n) is 10.8. The Morgan fingerprint density at radius 1 is 1.00 bits per heavy atom. The number of rotatable bonds is 5. The van der Waals surface area contributed by atoms with Crippen LogP contribution in [0.4, 0.5) is 0 Å². The maximum absolute atomic E-state index is 13.2. The number of carbonyl (C=O) groups is 2. The summed E-state index contributed by atoms with van der Waals surface area (Å²) in [6, 6.07) is 21.2. The fraction of sp³-hybridized carbons (Fsp3) is 0.111. The van der Waals surface area contributed by atoms with Crippen LogP contribution in [0, 0.1) is 0 Å². The quantitative estimate of drug-likeness (QED) is 0.180. The van der Waals surface area contributed by atoms with Crippen LogP contribution in [-0.2, 0) is 16.0 Å². The van der Waals surface area contributed by atoms with Crippen molar-refractivity contribution >= 4 is 55.9 Å². The molecule has 2 N–H and O–H groups in total. The number of aromatic amines is 1. The number of hydrogen-bond donors (Lipinski definition) is 2. The number of nitrogens with one attached hydrogen (secondary N) is 1. The zero-order chi connectivity index (χ0) is 23.8. The molecule has 4 aromatic rings. The molecular formula is C27H20BrClN2O3. The third kappa shape index (κ3) is 3.93. The highest BCUT2D eigenvalue weighted by molar-refractivity contribution is 9.10. The van der Waals surface area contributed by atoms with E-state index in [0.29, 0.717) is 29.1 Å². The summed E-state index contributed by atoms with van der Waals surface area (Å²) in [6.07, 6.45) is 2.46. The monoisotopic (exact) mass is 534 g/mol. The van der Waals surface area contributed by atoms with E-state index in [2.05, 4.69) is 20.9 Å². The van der Waals surface area contributed by atoms with Crippen molar-refractivity contribution in [2.45, 2.75) is 12.5 Å². The molecule has 170 valence electrons. The molecule has 3 aromatic carbocycles. The first-order valence-corrected chi connectivity index (χ1v) is 12.0. The van der Waals surface area contributed by atoms with Gasteiger partial charge in [-0.1, -0.05) is 76.1 Å².